The summed E-state index contributed by atoms with van der Waals surface area (Å²) in [5.41, 5.74) is 1.10. The minimum atomic E-state index is 0.503. The van der Waals surface area contributed by atoms with E-state index in [1.807, 2.05) is 24.4 Å². The molecular formula is C18H30N4O. The van der Waals surface area contributed by atoms with Crippen LogP contribution in [-0.4, -0.2) is 43.3 Å². The molecule has 2 N–H and O–H groups in total. The molecule has 5 heteroatoms. The second-order valence-electron chi connectivity index (χ2n) is 5.89. The fourth-order valence-electron chi connectivity index (χ4n) is 2.76. The number of guanidine groups is 1. The van der Waals surface area contributed by atoms with Gasteiger partial charge in [-0.3, -0.25) is 9.98 Å². The summed E-state index contributed by atoms with van der Waals surface area (Å²) in [6.45, 7) is 5.40. The van der Waals surface area contributed by atoms with Crippen molar-refractivity contribution in [3.05, 3.63) is 30.1 Å². The van der Waals surface area contributed by atoms with Gasteiger partial charge >= 0.3 is 0 Å². The van der Waals surface area contributed by atoms with Gasteiger partial charge in [-0.15, -0.1) is 0 Å². The lowest BCUT2D eigenvalue weighted by Gasteiger charge is -2.12. The Labute approximate surface area is 139 Å². The highest BCUT2D eigenvalue weighted by atomic mass is 16.5. The predicted molar refractivity (Wildman–Crippen MR) is 94.7 cm³/mol. The molecular weight excluding hydrogens is 288 g/mol. The quantitative estimate of drug-likeness (QED) is 0.417. The summed E-state index contributed by atoms with van der Waals surface area (Å²) >= 11 is 0. The molecule has 0 aromatic carbocycles. The number of nitrogens with zero attached hydrogens (tertiary/aromatic N) is 2. The molecule has 1 aliphatic rings. The van der Waals surface area contributed by atoms with E-state index in [2.05, 4.69) is 27.5 Å². The minimum Gasteiger partial charge on any atom is -0.378 e. The van der Waals surface area contributed by atoms with Crippen LogP contribution in [0.4, 0.5) is 0 Å². The molecule has 1 aromatic heterocycles. The molecule has 1 aliphatic carbocycles. The highest BCUT2D eigenvalue weighted by Gasteiger charge is 2.14. The summed E-state index contributed by atoms with van der Waals surface area (Å²) in [5.74, 6) is 0.879. The third-order valence-electron chi connectivity index (χ3n) is 3.97. The van der Waals surface area contributed by atoms with Crippen LogP contribution in [-0.2, 0) is 11.2 Å². The van der Waals surface area contributed by atoms with E-state index in [9.17, 15) is 0 Å². The lowest BCUT2D eigenvalue weighted by Crippen LogP contribution is -2.38. The maximum Gasteiger partial charge on any atom is 0.191 e. The van der Waals surface area contributed by atoms with E-state index in [1.54, 1.807) is 0 Å². The van der Waals surface area contributed by atoms with Crippen molar-refractivity contribution in [2.24, 2.45) is 4.99 Å². The maximum atomic E-state index is 5.87. The second-order valence-corrected chi connectivity index (χ2v) is 5.89. The van der Waals surface area contributed by atoms with E-state index < -0.39 is 0 Å². The van der Waals surface area contributed by atoms with Crippen LogP contribution in [0.25, 0.3) is 0 Å². The molecule has 2 rings (SSSR count). The number of hydrogen-bond donors (Lipinski definition) is 2. The minimum absolute atomic E-state index is 0.503. The molecule has 0 bridgehead atoms. The van der Waals surface area contributed by atoms with Gasteiger partial charge in [0, 0.05) is 44.6 Å². The van der Waals surface area contributed by atoms with Crippen LogP contribution < -0.4 is 10.6 Å². The Hall–Kier alpha value is -1.62. The van der Waals surface area contributed by atoms with Crippen LogP contribution in [0.3, 0.4) is 0 Å². The van der Waals surface area contributed by atoms with Crippen molar-refractivity contribution in [1.29, 1.82) is 0 Å². The summed E-state index contributed by atoms with van der Waals surface area (Å²) in [6, 6.07) is 6.01. The molecule has 0 radical (unpaired) electrons. The van der Waals surface area contributed by atoms with Crippen molar-refractivity contribution in [2.45, 2.75) is 51.6 Å². The lowest BCUT2D eigenvalue weighted by molar-refractivity contribution is 0.0579. The van der Waals surface area contributed by atoms with E-state index in [0.717, 1.165) is 50.7 Å². The Morgan fingerprint density at radius 2 is 2.17 bits per heavy atom. The summed E-state index contributed by atoms with van der Waals surface area (Å²) in [5, 5.41) is 6.64. The number of aliphatic imine (C=N–C) groups is 1. The van der Waals surface area contributed by atoms with Gasteiger partial charge in [0.25, 0.3) is 0 Å². The summed E-state index contributed by atoms with van der Waals surface area (Å²) < 4.78 is 5.87. The van der Waals surface area contributed by atoms with Crippen LogP contribution in [0.1, 0.15) is 44.7 Å². The largest absolute Gasteiger partial charge is 0.378 e. The van der Waals surface area contributed by atoms with Gasteiger partial charge in [0.1, 0.15) is 0 Å². The molecule has 1 heterocycles. The molecule has 1 saturated carbocycles. The van der Waals surface area contributed by atoms with Crippen LogP contribution in [0.2, 0.25) is 0 Å². The first kappa shape index (κ1) is 17.7. The molecule has 128 valence electrons. The van der Waals surface area contributed by atoms with Gasteiger partial charge in [0.05, 0.1) is 6.10 Å². The monoisotopic (exact) mass is 318 g/mol. The molecule has 1 aromatic rings. The molecule has 0 saturated heterocycles. The van der Waals surface area contributed by atoms with Crippen LogP contribution in [0, 0.1) is 0 Å². The Kier molecular flexibility index (Phi) is 8.48. The normalized spacial score (nSPS) is 15.8. The zero-order valence-corrected chi connectivity index (χ0v) is 14.3. The van der Waals surface area contributed by atoms with E-state index in [1.165, 1.54) is 25.7 Å². The number of pyridine rings is 1. The van der Waals surface area contributed by atoms with Crippen molar-refractivity contribution >= 4 is 5.96 Å². The molecule has 0 unspecified atom stereocenters. The van der Waals surface area contributed by atoms with Crippen LogP contribution >= 0.6 is 0 Å². The highest BCUT2D eigenvalue weighted by molar-refractivity contribution is 5.79. The molecule has 5 nitrogen and oxygen atoms in total. The van der Waals surface area contributed by atoms with E-state index in [4.69, 9.17) is 4.74 Å². The van der Waals surface area contributed by atoms with Gasteiger partial charge in [-0.25, -0.2) is 0 Å². The highest BCUT2D eigenvalue weighted by Crippen LogP contribution is 2.20. The van der Waals surface area contributed by atoms with Crippen LogP contribution in [0.15, 0.2) is 29.4 Å². The van der Waals surface area contributed by atoms with Gasteiger partial charge in [0.2, 0.25) is 0 Å². The second kappa shape index (κ2) is 11.0. The molecule has 23 heavy (non-hydrogen) atoms. The topological polar surface area (TPSA) is 58.5 Å². The molecule has 0 aliphatic heterocycles. The number of nitrogens with one attached hydrogen (secondary N) is 2. The fraction of sp³-hybridized carbons (Fsp3) is 0.667. The third-order valence-corrected chi connectivity index (χ3v) is 3.97. The van der Waals surface area contributed by atoms with Crippen molar-refractivity contribution in [2.75, 3.05) is 26.2 Å². The summed E-state index contributed by atoms with van der Waals surface area (Å²) in [4.78, 5) is 8.93. The number of hydrogen-bond acceptors (Lipinski definition) is 3. The number of rotatable bonds is 9. The number of ether oxygens (including phenoxy) is 1. The van der Waals surface area contributed by atoms with E-state index in [0.29, 0.717) is 6.10 Å². The van der Waals surface area contributed by atoms with Crippen molar-refractivity contribution in [1.82, 2.24) is 15.6 Å². The maximum absolute atomic E-state index is 5.87. The van der Waals surface area contributed by atoms with Gasteiger partial charge in [-0.2, -0.15) is 0 Å². The van der Waals surface area contributed by atoms with Crippen LogP contribution in [0.5, 0.6) is 0 Å². The van der Waals surface area contributed by atoms with Gasteiger partial charge < -0.3 is 15.4 Å². The van der Waals surface area contributed by atoms with Gasteiger partial charge in [0.15, 0.2) is 5.96 Å². The number of aromatic nitrogens is 1. The van der Waals surface area contributed by atoms with E-state index in [-0.39, 0.29) is 0 Å². The molecule has 1 fully saturated rings. The zero-order chi connectivity index (χ0) is 16.2. The Morgan fingerprint density at radius 1 is 1.30 bits per heavy atom. The Balaban J connectivity index is 1.61. The van der Waals surface area contributed by atoms with Crippen molar-refractivity contribution < 1.29 is 4.74 Å². The Bertz CT molecular complexity index is 444. The van der Waals surface area contributed by atoms with Crippen molar-refractivity contribution in [3.8, 4) is 0 Å². The van der Waals surface area contributed by atoms with E-state index >= 15 is 0 Å². The fourth-order valence-corrected chi connectivity index (χ4v) is 2.76. The molecule has 0 atom stereocenters. The SMILES string of the molecule is CCNC(=NCCCOC1CCCC1)NCCc1ccccn1. The molecule has 0 spiro atoms. The first-order valence-electron chi connectivity index (χ1n) is 8.92. The summed E-state index contributed by atoms with van der Waals surface area (Å²) in [7, 11) is 0. The summed E-state index contributed by atoms with van der Waals surface area (Å²) in [6.07, 6.45) is 9.34. The molecule has 0 amide bonds. The Morgan fingerprint density at radius 3 is 2.91 bits per heavy atom. The average molecular weight is 318 g/mol. The van der Waals surface area contributed by atoms with Crippen molar-refractivity contribution in [3.63, 3.8) is 0 Å². The first-order valence-corrected chi connectivity index (χ1v) is 8.92. The smallest absolute Gasteiger partial charge is 0.191 e. The average Bonchev–Trinajstić information content (AvgIpc) is 3.09. The third kappa shape index (κ3) is 7.46. The van der Waals surface area contributed by atoms with Gasteiger partial charge in [-0.05, 0) is 38.3 Å². The van der Waals surface area contributed by atoms with Gasteiger partial charge in [-0.1, -0.05) is 18.9 Å². The predicted octanol–water partition coefficient (Wildman–Crippen LogP) is 2.53. The standard InChI is InChI=1S/C18H30N4O/c1-2-19-18(22-14-11-16-8-5-6-12-20-16)21-13-7-15-23-17-9-3-4-10-17/h5-6,8,12,17H,2-4,7,9-11,13-15H2,1H3,(H2,19,21,22). The first-order chi connectivity index (χ1) is 11.4. The zero-order valence-electron chi connectivity index (χ0n) is 14.3. The lowest BCUT2D eigenvalue weighted by atomic mass is 10.3.